The number of rotatable bonds is 1. The lowest BCUT2D eigenvalue weighted by atomic mass is 10.1. The third kappa shape index (κ3) is 1.46. The van der Waals surface area contributed by atoms with Gasteiger partial charge >= 0.3 is 0 Å². The van der Waals surface area contributed by atoms with E-state index in [1.807, 2.05) is 20.0 Å². The first-order chi connectivity index (χ1) is 6.70. The van der Waals surface area contributed by atoms with Gasteiger partial charge in [0.05, 0.1) is 12.2 Å². The Balaban J connectivity index is 2.55. The van der Waals surface area contributed by atoms with Crippen molar-refractivity contribution >= 4 is 0 Å². The van der Waals surface area contributed by atoms with Gasteiger partial charge in [0.25, 0.3) is 5.56 Å². The molecular formula is C10H15N3O. The second kappa shape index (κ2) is 3.53. The minimum absolute atomic E-state index is 0.0599. The molecule has 0 radical (unpaired) electrons. The lowest BCUT2D eigenvalue weighted by Gasteiger charge is -2.18. The van der Waals surface area contributed by atoms with E-state index in [9.17, 15) is 4.79 Å². The maximum atomic E-state index is 11.9. The summed E-state index contributed by atoms with van der Waals surface area (Å²) in [6.45, 7) is 5.57. The topological polar surface area (TPSA) is 46.9 Å². The van der Waals surface area contributed by atoms with Gasteiger partial charge in [-0.1, -0.05) is 0 Å². The summed E-state index contributed by atoms with van der Waals surface area (Å²) in [5.41, 5.74) is 2.05. The monoisotopic (exact) mass is 193 g/mol. The average Bonchev–Trinajstić information content (AvgIpc) is 2.18. The molecule has 4 nitrogen and oxygen atoms in total. The molecule has 2 rings (SSSR count). The van der Waals surface area contributed by atoms with Gasteiger partial charge < -0.3 is 5.32 Å². The van der Waals surface area contributed by atoms with Gasteiger partial charge in [-0.3, -0.25) is 4.79 Å². The van der Waals surface area contributed by atoms with Crippen molar-refractivity contribution in [3.63, 3.8) is 0 Å². The fourth-order valence-electron chi connectivity index (χ4n) is 1.75. The first-order valence-corrected chi connectivity index (χ1v) is 5.00. The zero-order valence-corrected chi connectivity index (χ0v) is 8.58. The van der Waals surface area contributed by atoms with Crippen LogP contribution >= 0.6 is 0 Å². The molecule has 0 atom stereocenters. The first kappa shape index (κ1) is 9.40. The number of hydrogen-bond acceptors (Lipinski definition) is 3. The van der Waals surface area contributed by atoms with Gasteiger partial charge in [0, 0.05) is 12.1 Å². The van der Waals surface area contributed by atoms with Crippen molar-refractivity contribution < 1.29 is 0 Å². The van der Waals surface area contributed by atoms with Crippen LogP contribution in [0.15, 0.2) is 11.0 Å². The quantitative estimate of drug-likeness (QED) is 0.705. The highest BCUT2D eigenvalue weighted by Crippen LogP contribution is 2.08. The lowest BCUT2D eigenvalue weighted by Crippen LogP contribution is -2.35. The average molecular weight is 193 g/mol. The summed E-state index contributed by atoms with van der Waals surface area (Å²) in [4.78, 5) is 11.9. The second-order valence-corrected chi connectivity index (χ2v) is 3.92. The Morgan fingerprint density at radius 3 is 3.07 bits per heavy atom. The fraction of sp³-hybridized carbons (Fsp3) is 0.600. The smallest absolute Gasteiger partial charge is 0.271 e. The van der Waals surface area contributed by atoms with Crippen LogP contribution in [0.5, 0.6) is 0 Å². The van der Waals surface area contributed by atoms with Crippen molar-refractivity contribution in [2.75, 3.05) is 6.54 Å². The van der Waals surface area contributed by atoms with Crippen molar-refractivity contribution in [2.24, 2.45) is 0 Å². The number of hydrogen-bond donors (Lipinski definition) is 1. The van der Waals surface area contributed by atoms with Crippen molar-refractivity contribution in [1.82, 2.24) is 15.1 Å². The van der Waals surface area contributed by atoms with E-state index in [0.717, 1.165) is 24.1 Å². The molecule has 14 heavy (non-hydrogen) atoms. The maximum absolute atomic E-state index is 11.9. The van der Waals surface area contributed by atoms with E-state index in [1.165, 1.54) is 0 Å². The van der Waals surface area contributed by atoms with E-state index in [2.05, 4.69) is 10.4 Å². The molecule has 1 aromatic rings. The van der Waals surface area contributed by atoms with Crippen LogP contribution in [-0.4, -0.2) is 16.3 Å². The summed E-state index contributed by atoms with van der Waals surface area (Å²) >= 11 is 0. The van der Waals surface area contributed by atoms with Gasteiger partial charge in [-0.15, -0.1) is 0 Å². The molecular weight excluding hydrogens is 178 g/mol. The van der Waals surface area contributed by atoms with Crippen molar-refractivity contribution in [3.05, 3.63) is 27.7 Å². The zero-order chi connectivity index (χ0) is 10.1. The van der Waals surface area contributed by atoms with Crippen LogP contribution in [0, 0.1) is 0 Å². The molecule has 1 N–H and O–H groups in total. The predicted molar refractivity (Wildman–Crippen MR) is 54.3 cm³/mol. The molecule has 0 unspecified atom stereocenters. The van der Waals surface area contributed by atoms with E-state index in [0.29, 0.717) is 6.54 Å². The van der Waals surface area contributed by atoms with Crippen molar-refractivity contribution in [3.8, 4) is 0 Å². The predicted octanol–water partition coefficient (Wildman–Crippen LogP) is 0.470. The maximum Gasteiger partial charge on any atom is 0.271 e. The molecule has 1 aliphatic heterocycles. The number of aromatic nitrogens is 2. The fourth-order valence-corrected chi connectivity index (χ4v) is 1.75. The highest BCUT2D eigenvalue weighted by atomic mass is 16.1. The summed E-state index contributed by atoms with van der Waals surface area (Å²) in [6, 6.07) is 0.134. The Labute approximate surface area is 82.9 Å². The largest absolute Gasteiger partial charge is 0.312 e. The number of nitrogens with one attached hydrogen (secondary N) is 1. The van der Waals surface area contributed by atoms with E-state index in [1.54, 1.807) is 4.68 Å². The van der Waals surface area contributed by atoms with Crippen molar-refractivity contribution in [2.45, 2.75) is 32.9 Å². The Hall–Kier alpha value is -1.16. The van der Waals surface area contributed by atoms with Gasteiger partial charge in [0.15, 0.2) is 0 Å². The van der Waals surface area contributed by atoms with Crippen LogP contribution in [0.3, 0.4) is 0 Å². The van der Waals surface area contributed by atoms with Crippen LogP contribution in [0.25, 0.3) is 0 Å². The Kier molecular flexibility index (Phi) is 2.37. The molecule has 0 aromatic carbocycles. The van der Waals surface area contributed by atoms with Gasteiger partial charge in [-0.25, -0.2) is 4.68 Å². The summed E-state index contributed by atoms with van der Waals surface area (Å²) in [5, 5.41) is 7.37. The van der Waals surface area contributed by atoms with Crippen LogP contribution in [0.4, 0.5) is 0 Å². The molecule has 1 aliphatic rings. The Morgan fingerprint density at radius 1 is 1.57 bits per heavy atom. The molecule has 76 valence electrons. The summed E-state index contributed by atoms with van der Waals surface area (Å²) in [7, 11) is 0. The molecule has 0 saturated heterocycles. The van der Waals surface area contributed by atoms with E-state index >= 15 is 0 Å². The van der Waals surface area contributed by atoms with Crippen LogP contribution in [0.1, 0.15) is 31.0 Å². The van der Waals surface area contributed by atoms with Crippen LogP contribution in [-0.2, 0) is 13.0 Å². The van der Waals surface area contributed by atoms with E-state index < -0.39 is 0 Å². The molecule has 0 bridgehead atoms. The summed E-state index contributed by atoms with van der Waals surface area (Å²) in [6.07, 6.45) is 2.74. The number of fused-ring (bicyclic) bond motifs is 1. The molecule has 4 heteroatoms. The third-order valence-corrected chi connectivity index (χ3v) is 2.55. The molecule has 1 aromatic heterocycles. The van der Waals surface area contributed by atoms with Gasteiger partial charge in [0.2, 0.25) is 0 Å². The second-order valence-electron chi connectivity index (χ2n) is 3.92. The van der Waals surface area contributed by atoms with Gasteiger partial charge in [-0.2, -0.15) is 5.10 Å². The third-order valence-electron chi connectivity index (χ3n) is 2.55. The van der Waals surface area contributed by atoms with Gasteiger partial charge in [-0.05, 0) is 32.4 Å². The Morgan fingerprint density at radius 2 is 2.36 bits per heavy atom. The molecule has 0 aliphatic carbocycles. The van der Waals surface area contributed by atoms with E-state index in [-0.39, 0.29) is 11.6 Å². The molecule has 2 heterocycles. The SMILES string of the molecule is CC(C)n1ncc2c(c1=O)CNCC2. The van der Waals surface area contributed by atoms with E-state index in [4.69, 9.17) is 0 Å². The molecule has 0 spiro atoms. The van der Waals surface area contributed by atoms with Crippen LogP contribution < -0.4 is 10.9 Å². The summed E-state index contributed by atoms with van der Waals surface area (Å²) < 4.78 is 1.55. The highest BCUT2D eigenvalue weighted by Gasteiger charge is 2.15. The normalized spacial score (nSPS) is 15.6. The molecule has 0 saturated carbocycles. The minimum atomic E-state index is 0.0599. The number of nitrogens with zero attached hydrogens (tertiary/aromatic N) is 2. The summed E-state index contributed by atoms with van der Waals surface area (Å²) in [5.74, 6) is 0. The van der Waals surface area contributed by atoms with Crippen molar-refractivity contribution in [1.29, 1.82) is 0 Å². The van der Waals surface area contributed by atoms with Crippen LogP contribution in [0.2, 0.25) is 0 Å². The lowest BCUT2D eigenvalue weighted by molar-refractivity contribution is 0.485. The first-order valence-electron chi connectivity index (χ1n) is 5.00. The minimum Gasteiger partial charge on any atom is -0.312 e. The standard InChI is InChI=1S/C10H15N3O/c1-7(2)13-10(14)9-6-11-4-3-8(9)5-12-13/h5,7,11H,3-4,6H2,1-2H3. The molecule has 0 fully saturated rings. The highest BCUT2D eigenvalue weighted by molar-refractivity contribution is 5.23. The Bertz CT molecular complexity index is 395. The zero-order valence-electron chi connectivity index (χ0n) is 8.58. The molecule has 0 amide bonds. The van der Waals surface area contributed by atoms with Gasteiger partial charge in [0.1, 0.15) is 0 Å².